The molecular formula is C17H18ClN3O. The molecule has 0 unspecified atom stereocenters. The van der Waals surface area contributed by atoms with Crippen molar-refractivity contribution in [1.82, 2.24) is 10.3 Å². The Labute approximate surface area is 134 Å². The first-order valence-electron chi connectivity index (χ1n) is 7.71. The molecule has 4 nitrogen and oxygen atoms in total. The van der Waals surface area contributed by atoms with Gasteiger partial charge in [-0.2, -0.15) is 0 Å². The number of benzene rings is 1. The molecule has 2 aromatic rings. The van der Waals surface area contributed by atoms with Gasteiger partial charge < -0.3 is 10.2 Å². The lowest BCUT2D eigenvalue weighted by atomic mass is 9.77. The number of hydrogen-bond acceptors (Lipinski definition) is 3. The fourth-order valence-electron chi connectivity index (χ4n) is 3.71. The van der Waals surface area contributed by atoms with E-state index in [-0.39, 0.29) is 11.3 Å². The standard InChI is InChI=1S/C17H18ClN3O/c18-12-1-2-14-13(9-12)15(3-6-19-14)21-7-4-17(5-8-21)10-16(22)20-11-17/h1-3,6,9H,4-5,7-8,10-11H2,(H,20,22). The third kappa shape index (κ3) is 2.31. The van der Waals surface area contributed by atoms with Crippen LogP contribution in [0.5, 0.6) is 0 Å². The van der Waals surface area contributed by atoms with Gasteiger partial charge in [-0.1, -0.05) is 11.6 Å². The number of nitrogens with zero attached hydrogens (tertiary/aromatic N) is 2. The molecule has 2 fully saturated rings. The molecule has 0 radical (unpaired) electrons. The Bertz CT molecular complexity index is 738. The highest BCUT2D eigenvalue weighted by atomic mass is 35.5. The average molecular weight is 316 g/mol. The monoisotopic (exact) mass is 315 g/mol. The van der Waals surface area contributed by atoms with E-state index in [0.717, 1.165) is 48.4 Å². The first kappa shape index (κ1) is 13.8. The van der Waals surface area contributed by atoms with Crippen LogP contribution >= 0.6 is 11.6 Å². The summed E-state index contributed by atoms with van der Waals surface area (Å²) in [5, 5.41) is 4.83. The minimum absolute atomic E-state index is 0.175. The van der Waals surface area contributed by atoms with E-state index in [2.05, 4.69) is 21.3 Å². The number of carbonyl (C=O) groups excluding carboxylic acids is 1. The summed E-state index contributed by atoms with van der Waals surface area (Å²) in [6.45, 7) is 2.78. The number of hydrogen-bond donors (Lipinski definition) is 1. The van der Waals surface area contributed by atoms with Gasteiger partial charge in [-0.3, -0.25) is 9.78 Å². The van der Waals surface area contributed by atoms with Crippen LogP contribution in [-0.2, 0) is 4.79 Å². The molecule has 3 heterocycles. The summed E-state index contributed by atoms with van der Waals surface area (Å²) in [6.07, 6.45) is 4.65. The number of halogens is 1. The van der Waals surface area contributed by atoms with Crippen LogP contribution < -0.4 is 10.2 Å². The van der Waals surface area contributed by atoms with Gasteiger partial charge in [0.25, 0.3) is 0 Å². The quantitative estimate of drug-likeness (QED) is 0.880. The second-order valence-electron chi connectivity index (χ2n) is 6.43. The topological polar surface area (TPSA) is 45.2 Å². The van der Waals surface area contributed by atoms with Gasteiger partial charge in [-0.05, 0) is 42.5 Å². The molecule has 22 heavy (non-hydrogen) atoms. The molecule has 1 aromatic heterocycles. The average Bonchev–Trinajstić information content (AvgIpc) is 2.88. The van der Waals surface area contributed by atoms with E-state index in [9.17, 15) is 4.79 Å². The van der Waals surface area contributed by atoms with Gasteiger partial charge in [-0.15, -0.1) is 0 Å². The Morgan fingerprint density at radius 3 is 2.77 bits per heavy atom. The number of pyridine rings is 1. The predicted molar refractivity (Wildman–Crippen MR) is 88.3 cm³/mol. The van der Waals surface area contributed by atoms with Crippen LogP contribution in [0.4, 0.5) is 5.69 Å². The normalized spacial score (nSPS) is 20.6. The van der Waals surface area contributed by atoms with Crippen molar-refractivity contribution < 1.29 is 4.79 Å². The van der Waals surface area contributed by atoms with Crippen molar-refractivity contribution in [3.8, 4) is 0 Å². The Kier molecular flexibility index (Phi) is 3.22. The SMILES string of the molecule is O=C1CC2(CCN(c3ccnc4ccc(Cl)cc34)CC2)CN1. The molecule has 2 aliphatic heterocycles. The van der Waals surface area contributed by atoms with Crippen LogP contribution in [0.1, 0.15) is 19.3 Å². The first-order chi connectivity index (χ1) is 10.7. The summed E-state index contributed by atoms with van der Waals surface area (Å²) in [6, 6.07) is 7.90. The zero-order valence-electron chi connectivity index (χ0n) is 12.3. The highest BCUT2D eigenvalue weighted by Gasteiger charge is 2.40. The molecule has 114 valence electrons. The maximum absolute atomic E-state index is 11.5. The highest BCUT2D eigenvalue weighted by Crippen LogP contribution is 2.40. The van der Waals surface area contributed by atoms with Crippen molar-refractivity contribution in [2.24, 2.45) is 5.41 Å². The summed E-state index contributed by atoms with van der Waals surface area (Å²) < 4.78 is 0. The van der Waals surface area contributed by atoms with Gasteiger partial charge in [0.2, 0.25) is 5.91 Å². The highest BCUT2D eigenvalue weighted by molar-refractivity contribution is 6.31. The van der Waals surface area contributed by atoms with E-state index in [4.69, 9.17) is 11.6 Å². The van der Waals surface area contributed by atoms with Crippen molar-refractivity contribution in [2.75, 3.05) is 24.5 Å². The number of aromatic nitrogens is 1. The smallest absolute Gasteiger partial charge is 0.220 e. The largest absolute Gasteiger partial charge is 0.371 e. The molecule has 5 heteroatoms. The Morgan fingerprint density at radius 2 is 2.05 bits per heavy atom. The molecular weight excluding hydrogens is 298 g/mol. The minimum atomic E-state index is 0.175. The Balaban J connectivity index is 1.61. The Morgan fingerprint density at radius 1 is 1.23 bits per heavy atom. The number of amides is 1. The van der Waals surface area contributed by atoms with Crippen LogP contribution in [0.2, 0.25) is 5.02 Å². The second kappa shape index (κ2) is 5.13. The van der Waals surface area contributed by atoms with Crippen LogP contribution in [0.25, 0.3) is 10.9 Å². The molecule has 0 atom stereocenters. The molecule has 0 aliphatic carbocycles. The van der Waals surface area contributed by atoms with Crippen molar-refractivity contribution in [3.63, 3.8) is 0 Å². The molecule has 1 amide bonds. The zero-order valence-corrected chi connectivity index (χ0v) is 13.1. The molecule has 1 aromatic carbocycles. The number of nitrogens with one attached hydrogen (secondary N) is 1. The number of anilines is 1. The number of carbonyl (C=O) groups is 1. The maximum Gasteiger partial charge on any atom is 0.220 e. The molecule has 0 bridgehead atoms. The third-order valence-electron chi connectivity index (χ3n) is 5.04. The van der Waals surface area contributed by atoms with E-state index < -0.39 is 0 Å². The summed E-state index contributed by atoms with van der Waals surface area (Å²) in [7, 11) is 0. The number of piperidine rings is 1. The van der Waals surface area contributed by atoms with E-state index in [1.165, 1.54) is 5.69 Å². The second-order valence-corrected chi connectivity index (χ2v) is 6.87. The third-order valence-corrected chi connectivity index (χ3v) is 5.28. The van der Waals surface area contributed by atoms with E-state index >= 15 is 0 Å². The lowest BCUT2D eigenvalue weighted by Gasteiger charge is -2.39. The van der Waals surface area contributed by atoms with Crippen LogP contribution in [-0.4, -0.2) is 30.5 Å². The minimum Gasteiger partial charge on any atom is -0.371 e. The molecule has 4 rings (SSSR count). The van der Waals surface area contributed by atoms with Crippen molar-refractivity contribution in [1.29, 1.82) is 0 Å². The van der Waals surface area contributed by atoms with Crippen LogP contribution in [0.15, 0.2) is 30.5 Å². The van der Waals surface area contributed by atoms with Gasteiger partial charge >= 0.3 is 0 Å². The summed E-state index contributed by atoms with van der Waals surface area (Å²) in [5.41, 5.74) is 2.34. The fourth-order valence-corrected chi connectivity index (χ4v) is 3.88. The first-order valence-corrected chi connectivity index (χ1v) is 8.09. The summed E-state index contributed by atoms with van der Waals surface area (Å²) in [4.78, 5) is 18.3. The molecule has 2 saturated heterocycles. The molecule has 0 saturated carbocycles. The lowest BCUT2D eigenvalue weighted by molar-refractivity contribution is -0.119. The maximum atomic E-state index is 11.5. The molecule has 2 aliphatic rings. The van der Waals surface area contributed by atoms with Gasteiger partial charge in [-0.25, -0.2) is 0 Å². The predicted octanol–water partition coefficient (Wildman–Crippen LogP) is 2.99. The van der Waals surface area contributed by atoms with Gasteiger partial charge in [0.05, 0.1) is 5.52 Å². The van der Waals surface area contributed by atoms with Crippen LogP contribution in [0, 0.1) is 5.41 Å². The van der Waals surface area contributed by atoms with Crippen LogP contribution in [0.3, 0.4) is 0 Å². The Hall–Kier alpha value is -1.81. The number of rotatable bonds is 1. The van der Waals surface area contributed by atoms with E-state index in [1.54, 1.807) is 0 Å². The van der Waals surface area contributed by atoms with Crippen molar-refractivity contribution >= 4 is 34.1 Å². The van der Waals surface area contributed by atoms with Gasteiger partial charge in [0.1, 0.15) is 0 Å². The summed E-state index contributed by atoms with van der Waals surface area (Å²) in [5.74, 6) is 0.203. The van der Waals surface area contributed by atoms with Gasteiger partial charge in [0, 0.05) is 48.3 Å². The number of fused-ring (bicyclic) bond motifs is 1. The zero-order chi connectivity index (χ0) is 15.2. The summed E-state index contributed by atoms with van der Waals surface area (Å²) >= 11 is 6.15. The lowest BCUT2D eigenvalue weighted by Crippen LogP contribution is -2.41. The van der Waals surface area contributed by atoms with Crippen molar-refractivity contribution in [2.45, 2.75) is 19.3 Å². The van der Waals surface area contributed by atoms with E-state index in [1.807, 2.05) is 24.4 Å². The fraction of sp³-hybridized carbons (Fsp3) is 0.412. The molecule has 1 N–H and O–H groups in total. The van der Waals surface area contributed by atoms with E-state index in [0.29, 0.717) is 6.42 Å². The molecule has 1 spiro atoms. The van der Waals surface area contributed by atoms with Crippen molar-refractivity contribution in [3.05, 3.63) is 35.5 Å². The van der Waals surface area contributed by atoms with Gasteiger partial charge in [0.15, 0.2) is 0 Å².